The van der Waals surface area contributed by atoms with Crippen molar-refractivity contribution in [1.82, 2.24) is 0 Å². The molecule has 0 aromatic heterocycles. The number of hydrogen-bond acceptors (Lipinski definition) is 4. The number of ether oxygens (including phenoxy) is 2. The minimum absolute atomic E-state index is 0.262. The first-order valence-corrected chi connectivity index (χ1v) is 6.19. The van der Waals surface area contributed by atoms with Gasteiger partial charge in [-0.3, -0.25) is 0 Å². The van der Waals surface area contributed by atoms with Gasteiger partial charge in [0.25, 0.3) is 0 Å². The van der Waals surface area contributed by atoms with Crippen LogP contribution in [0.25, 0.3) is 0 Å². The van der Waals surface area contributed by atoms with Crippen molar-refractivity contribution in [3.05, 3.63) is 12.1 Å². The van der Waals surface area contributed by atoms with Crippen LogP contribution in [-0.4, -0.2) is 39.5 Å². The summed E-state index contributed by atoms with van der Waals surface area (Å²) in [5.74, 6) is 0.898. The van der Waals surface area contributed by atoms with Crippen molar-refractivity contribution in [2.24, 2.45) is 0 Å². The summed E-state index contributed by atoms with van der Waals surface area (Å²) in [5, 5.41) is 3.11. The molecule has 1 atom stereocenters. The van der Waals surface area contributed by atoms with Gasteiger partial charge in [0, 0.05) is 24.7 Å². The maximum Gasteiger partial charge on any atom is 0.405 e. The fourth-order valence-electron chi connectivity index (χ4n) is 2.29. The van der Waals surface area contributed by atoms with E-state index in [2.05, 4.69) is 5.32 Å². The number of halogens is 3. The third kappa shape index (κ3) is 2.86. The van der Waals surface area contributed by atoms with Crippen molar-refractivity contribution in [2.45, 2.75) is 19.1 Å². The average Bonchev–Trinajstić information content (AvgIpc) is 2.39. The van der Waals surface area contributed by atoms with E-state index in [1.807, 2.05) is 0 Å². The van der Waals surface area contributed by atoms with Gasteiger partial charge in [0.2, 0.25) is 0 Å². The zero-order chi connectivity index (χ0) is 14.9. The van der Waals surface area contributed by atoms with Gasteiger partial charge in [-0.15, -0.1) is 0 Å². The highest BCUT2D eigenvalue weighted by Gasteiger charge is 2.35. The fraction of sp³-hybridized carbons (Fsp3) is 0.538. The number of fused-ring (bicyclic) bond motifs is 1. The molecule has 1 unspecified atom stereocenters. The zero-order valence-corrected chi connectivity index (χ0v) is 11.5. The largest absolute Gasteiger partial charge is 0.493 e. The molecule has 0 radical (unpaired) electrons. The predicted octanol–water partition coefficient (Wildman–Crippen LogP) is 2.89. The lowest BCUT2D eigenvalue weighted by atomic mass is 10.1. The summed E-state index contributed by atoms with van der Waals surface area (Å²) < 4.78 is 48.5. The molecule has 1 N–H and O–H groups in total. The number of nitrogens with zero attached hydrogens (tertiary/aromatic N) is 1. The molecular formula is C13H17F3N2O2. The summed E-state index contributed by atoms with van der Waals surface area (Å²) >= 11 is 0. The fourth-order valence-corrected chi connectivity index (χ4v) is 2.29. The monoisotopic (exact) mass is 290 g/mol. The lowest BCUT2D eigenvalue weighted by Gasteiger charge is -2.38. The van der Waals surface area contributed by atoms with Crippen LogP contribution in [0.4, 0.5) is 24.5 Å². The van der Waals surface area contributed by atoms with E-state index in [9.17, 15) is 13.2 Å². The normalized spacial score (nSPS) is 18.3. The Balaban J connectivity index is 2.44. The smallest absolute Gasteiger partial charge is 0.405 e. The van der Waals surface area contributed by atoms with Gasteiger partial charge in [-0.1, -0.05) is 0 Å². The summed E-state index contributed by atoms with van der Waals surface area (Å²) in [7, 11) is 2.95. The Bertz CT molecular complexity index is 491. The molecule has 1 aromatic rings. The lowest BCUT2D eigenvalue weighted by Crippen LogP contribution is -2.46. The van der Waals surface area contributed by atoms with E-state index in [-0.39, 0.29) is 6.04 Å². The first-order valence-electron chi connectivity index (χ1n) is 6.19. The first-order chi connectivity index (χ1) is 9.35. The van der Waals surface area contributed by atoms with Gasteiger partial charge in [0.15, 0.2) is 11.5 Å². The number of benzene rings is 1. The third-order valence-corrected chi connectivity index (χ3v) is 3.28. The minimum atomic E-state index is -4.25. The summed E-state index contributed by atoms with van der Waals surface area (Å²) in [6.45, 7) is 1.20. The Labute approximate surface area is 115 Å². The van der Waals surface area contributed by atoms with Gasteiger partial charge >= 0.3 is 6.18 Å². The van der Waals surface area contributed by atoms with Crippen molar-refractivity contribution in [3.63, 3.8) is 0 Å². The molecule has 7 heteroatoms. The highest BCUT2D eigenvalue weighted by Crippen LogP contribution is 2.41. The van der Waals surface area contributed by atoms with Crippen LogP contribution in [0.3, 0.4) is 0 Å². The molecule has 1 heterocycles. The SMILES string of the molecule is COc1cc2c(cc1OC)N(CC(F)(F)F)C(C)CN2. The molecule has 0 saturated carbocycles. The van der Waals surface area contributed by atoms with E-state index in [0.29, 0.717) is 29.4 Å². The Hall–Kier alpha value is -1.79. The van der Waals surface area contributed by atoms with Gasteiger partial charge in [-0.2, -0.15) is 13.2 Å². The second-order valence-corrected chi connectivity index (χ2v) is 4.70. The second-order valence-electron chi connectivity index (χ2n) is 4.70. The Morgan fingerprint density at radius 1 is 1.25 bits per heavy atom. The molecule has 0 saturated heterocycles. The lowest BCUT2D eigenvalue weighted by molar-refractivity contribution is -0.120. The zero-order valence-electron chi connectivity index (χ0n) is 11.5. The number of rotatable bonds is 3. The van der Waals surface area contributed by atoms with Crippen LogP contribution in [-0.2, 0) is 0 Å². The van der Waals surface area contributed by atoms with Crippen molar-refractivity contribution in [1.29, 1.82) is 0 Å². The molecule has 20 heavy (non-hydrogen) atoms. The average molecular weight is 290 g/mol. The molecule has 2 rings (SSSR count). The van der Waals surface area contributed by atoms with Crippen LogP contribution in [0.15, 0.2) is 12.1 Å². The molecule has 0 spiro atoms. The van der Waals surface area contributed by atoms with Gasteiger partial charge in [-0.25, -0.2) is 0 Å². The molecule has 1 aliphatic heterocycles. The summed E-state index contributed by atoms with van der Waals surface area (Å²) in [5.41, 5.74) is 1.09. The Kier molecular flexibility index (Phi) is 3.87. The van der Waals surface area contributed by atoms with E-state index in [0.717, 1.165) is 0 Å². The van der Waals surface area contributed by atoms with Crippen molar-refractivity contribution >= 4 is 11.4 Å². The van der Waals surface area contributed by atoms with Gasteiger partial charge < -0.3 is 19.7 Å². The van der Waals surface area contributed by atoms with Crippen molar-refractivity contribution in [3.8, 4) is 11.5 Å². The van der Waals surface area contributed by atoms with Crippen LogP contribution in [0, 0.1) is 0 Å². The molecule has 0 bridgehead atoms. The van der Waals surface area contributed by atoms with Gasteiger partial charge in [0.05, 0.1) is 25.6 Å². The first kappa shape index (κ1) is 14.6. The van der Waals surface area contributed by atoms with E-state index in [4.69, 9.17) is 9.47 Å². The highest BCUT2D eigenvalue weighted by molar-refractivity contribution is 5.77. The minimum Gasteiger partial charge on any atom is -0.493 e. The van der Waals surface area contributed by atoms with E-state index >= 15 is 0 Å². The van der Waals surface area contributed by atoms with E-state index in [1.165, 1.54) is 19.1 Å². The van der Waals surface area contributed by atoms with Crippen LogP contribution in [0.5, 0.6) is 11.5 Å². The maximum absolute atomic E-state index is 12.7. The Morgan fingerprint density at radius 3 is 2.40 bits per heavy atom. The molecule has 0 fully saturated rings. The predicted molar refractivity (Wildman–Crippen MR) is 70.9 cm³/mol. The number of anilines is 2. The molecule has 4 nitrogen and oxygen atoms in total. The van der Waals surface area contributed by atoms with Crippen LogP contribution >= 0.6 is 0 Å². The van der Waals surface area contributed by atoms with Crippen molar-refractivity contribution in [2.75, 3.05) is 37.5 Å². The number of nitrogens with one attached hydrogen (secondary N) is 1. The van der Waals surface area contributed by atoms with Crippen LogP contribution in [0.1, 0.15) is 6.92 Å². The van der Waals surface area contributed by atoms with Crippen molar-refractivity contribution < 1.29 is 22.6 Å². The molecule has 112 valence electrons. The topological polar surface area (TPSA) is 33.7 Å². The number of hydrogen-bond donors (Lipinski definition) is 1. The summed E-state index contributed by atoms with van der Waals surface area (Å²) in [4.78, 5) is 1.33. The van der Waals surface area contributed by atoms with E-state index < -0.39 is 12.7 Å². The quantitative estimate of drug-likeness (QED) is 0.928. The highest BCUT2D eigenvalue weighted by atomic mass is 19.4. The van der Waals surface area contributed by atoms with Crippen LogP contribution in [0.2, 0.25) is 0 Å². The van der Waals surface area contributed by atoms with Gasteiger partial charge in [0.1, 0.15) is 6.54 Å². The molecule has 0 amide bonds. The molecular weight excluding hydrogens is 273 g/mol. The van der Waals surface area contributed by atoms with Gasteiger partial charge in [-0.05, 0) is 6.92 Å². The summed E-state index contributed by atoms with van der Waals surface area (Å²) in [6, 6.07) is 2.97. The Morgan fingerprint density at radius 2 is 1.85 bits per heavy atom. The number of alkyl halides is 3. The standard InChI is InChI=1S/C13H17F3N2O2/c1-8-6-17-9-4-11(19-2)12(20-3)5-10(9)18(8)7-13(14,15)16/h4-5,8,17H,6-7H2,1-3H3. The van der Waals surface area contributed by atoms with E-state index in [1.54, 1.807) is 19.1 Å². The van der Waals surface area contributed by atoms with Crippen LogP contribution < -0.4 is 19.7 Å². The maximum atomic E-state index is 12.7. The third-order valence-electron chi connectivity index (χ3n) is 3.28. The second kappa shape index (κ2) is 5.30. The molecule has 1 aromatic carbocycles. The number of methoxy groups -OCH3 is 2. The molecule has 0 aliphatic carbocycles. The summed E-state index contributed by atoms with van der Waals surface area (Å²) in [6.07, 6.45) is -4.25. The molecule has 1 aliphatic rings.